The van der Waals surface area contributed by atoms with E-state index in [0.29, 0.717) is 29.3 Å². The van der Waals surface area contributed by atoms with Crippen LogP contribution in [0.15, 0.2) is 47.5 Å². The Morgan fingerprint density at radius 2 is 2.20 bits per heavy atom. The number of carbonyl (C=O) groups is 2. The van der Waals surface area contributed by atoms with Crippen molar-refractivity contribution in [2.45, 2.75) is 18.8 Å². The number of hydrogen-bond acceptors (Lipinski definition) is 7. The summed E-state index contributed by atoms with van der Waals surface area (Å²) in [6.07, 6.45) is -3.05. The van der Waals surface area contributed by atoms with Crippen LogP contribution in [0.3, 0.4) is 0 Å². The quantitative estimate of drug-likeness (QED) is 0.677. The number of fused-ring (bicyclic) bond motifs is 1. The smallest absolute Gasteiger partial charge is 0.259 e. The van der Waals surface area contributed by atoms with Gasteiger partial charge in [0.25, 0.3) is 11.8 Å². The number of hydrogen-bond donors (Lipinski definition) is 3. The molecule has 1 unspecified atom stereocenters. The number of morpholine rings is 1. The molecule has 0 bridgehead atoms. The van der Waals surface area contributed by atoms with Crippen LogP contribution in [-0.2, 0) is 20.9 Å². The maximum absolute atomic E-state index is 12.9. The van der Waals surface area contributed by atoms with Gasteiger partial charge in [-0.3, -0.25) is 14.6 Å². The van der Waals surface area contributed by atoms with Crippen molar-refractivity contribution in [2.24, 2.45) is 10.7 Å². The second-order valence-corrected chi connectivity index (χ2v) is 6.95. The number of aliphatic hydroxyl groups is 1. The average Bonchev–Trinajstić information content (AvgIpc) is 3.13. The first-order valence-electron chi connectivity index (χ1n) is 9.33. The first-order valence-corrected chi connectivity index (χ1v) is 9.33. The van der Waals surface area contributed by atoms with Crippen LogP contribution < -0.4 is 16.0 Å². The Bertz CT molecular complexity index is 1090. The Kier molecular flexibility index (Phi) is 5.18. The summed E-state index contributed by atoms with van der Waals surface area (Å²) in [7, 11) is 0. The standard InChI is InChI=1S/C21H19N5O4/c22-10-12-2-1-3-15(8-12)26-6-7-30-18(21(26)29)17(27)20(28)25-14-4-5-16-13(9-14)11-24-19(16)23/h1-5,8-9,17-18,27H,6-7,11H2,(H2,23,24)(H,25,28)/t17?,18-/m1/s1. The molecule has 9 heteroatoms. The molecule has 30 heavy (non-hydrogen) atoms. The van der Waals surface area contributed by atoms with Gasteiger partial charge in [-0.1, -0.05) is 6.07 Å². The minimum Gasteiger partial charge on any atom is -0.383 e. The van der Waals surface area contributed by atoms with Crippen molar-refractivity contribution < 1.29 is 19.4 Å². The van der Waals surface area contributed by atoms with E-state index in [0.717, 1.165) is 11.1 Å². The van der Waals surface area contributed by atoms with Gasteiger partial charge < -0.3 is 25.8 Å². The number of amides is 2. The number of nitriles is 1. The Labute approximate surface area is 172 Å². The van der Waals surface area contributed by atoms with E-state index in [4.69, 9.17) is 15.7 Å². The number of rotatable bonds is 4. The molecule has 0 aromatic heterocycles. The van der Waals surface area contributed by atoms with Crippen molar-refractivity contribution in [1.82, 2.24) is 0 Å². The molecule has 4 N–H and O–H groups in total. The number of benzene rings is 2. The van der Waals surface area contributed by atoms with Crippen LogP contribution in [0.5, 0.6) is 0 Å². The van der Waals surface area contributed by atoms with E-state index in [-0.39, 0.29) is 13.2 Å². The molecule has 2 amide bonds. The van der Waals surface area contributed by atoms with Crippen LogP contribution in [0.1, 0.15) is 16.7 Å². The topological polar surface area (TPSA) is 141 Å². The fourth-order valence-corrected chi connectivity index (χ4v) is 3.49. The van der Waals surface area contributed by atoms with E-state index < -0.39 is 24.0 Å². The van der Waals surface area contributed by atoms with Crippen LogP contribution in [-0.4, -0.2) is 48.1 Å². The highest BCUT2D eigenvalue weighted by atomic mass is 16.5. The molecule has 4 rings (SSSR count). The van der Waals surface area contributed by atoms with Gasteiger partial charge in [0, 0.05) is 23.5 Å². The molecule has 0 spiro atoms. The molecular formula is C21H19N5O4. The molecule has 1 saturated heterocycles. The number of ether oxygens (including phenoxy) is 1. The third kappa shape index (κ3) is 3.61. The first-order chi connectivity index (χ1) is 14.5. The lowest BCUT2D eigenvalue weighted by Gasteiger charge is -2.34. The summed E-state index contributed by atoms with van der Waals surface area (Å²) in [6, 6.07) is 13.7. The van der Waals surface area contributed by atoms with Gasteiger partial charge in [-0.25, -0.2) is 0 Å². The number of anilines is 2. The molecule has 2 aromatic rings. The zero-order chi connectivity index (χ0) is 21.3. The number of amidine groups is 1. The Morgan fingerprint density at radius 3 is 3.00 bits per heavy atom. The van der Waals surface area contributed by atoms with Crippen LogP contribution in [0, 0.1) is 11.3 Å². The van der Waals surface area contributed by atoms with Gasteiger partial charge in [0.1, 0.15) is 5.84 Å². The van der Waals surface area contributed by atoms with Gasteiger partial charge >= 0.3 is 0 Å². The third-order valence-electron chi connectivity index (χ3n) is 5.03. The Morgan fingerprint density at radius 1 is 1.37 bits per heavy atom. The highest BCUT2D eigenvalue weighted by Gasteiger charge is 2.39. The summed E-state index contributed by atoms with van der Waals surface area (Å²) in [5, 5.41) is 22.2. The van der Waals surface area contributed by atoms with E-state index in [1.165, 1.54) is 4.90 Å². The Balaban J connectivity index is 1.47. The number of carbonyl (C=O) groups excluding carboxylic acids is 2. The average molecular weight is 405 g/mol. The second kappa shape index (κ2) is 7.94. The van der Waals surface area contributed by atoms with Gasteiger partial charge in [0.2, 0.25) is 0 Å². The number of nitrogens with zero attached hydrogens (tertiary/aromatic N) is 3. The maximum atomic E-state index is 12.9. The summed E-state index contributed by atoms with van der Waals surface area (Å²) in [6.45, 7) is 0.826. The van der Waals surface area contributed by atoms with Crippen molar-refractivity contribution in [1.29, 1.82) is 5.26 Å². The molecule has 9 nitrogen and oxygen atoms in total. The maximum Gasteiger partial charge on any atom is 0.259 e. The van der Waals surface area contributed by atoms with Crippen LogP contribution in [0.25, 0.3) is 0 Å². The van der Waals surface area contributed by atoms with Crippen molar-refractivity contribution in [2.75, 3.05) is 23.4 Å². The van der Waals surface area contributed by atoms with Gasteiger partial charge in [-0.2, -0.15) is 5.26 Å². The molecule has 1 fully saturated rings. The van der Waals surface area contributed by atoms with E-state index >= 15 is 0 Å². The zero-order valence-corrected chi connectivity index (χ0v) is 15.9. The van der Waals surface area contributed by atoms with Gasteiger partial charge in [0.05, 0.1) is 24.8 Å². The van der Waals surface area contributed by atoms with Crippen LogP contribution in [0.4, 0.5) is 11.4 Å². The molecule has 0 aliphatic carbocycles. The normalized spacial score (nSPS) is 18.9. The monoisotopic (exact) mass is 405 g/mol. The second-order valence-electron chi connectivity index (χ2n) is 6.95. The predicted octanol–water partition coefficient (Wildman–Crippen LogP) is 0.509. The number of aliphatic hydroxyl groups excluding tert-OH is 1. The minimum absolute atomic E-state index is 0.146. The first kappa shape index (κ1) is 19.6. The van der Waals surface area contributed by atoms with E-state index in [1.807, 2.05) is 6.07 Å². The third-order valence-corrected chi connectivity index (χ3v) is 5.03. The fourth-order valence-electron chi connectivity index (χ4n) is 3.49. The fraction of sp³-hybridized carbons (Fsp3) is 0.238. The SMILES string of the molecule is N#Cc1cccc(N2CCO[C@H](C(O)C(=O)Nc3ccc4c(c3)CN=C4N)C2=O)c1. The molecule has 2 atom stereocenters. The molecule has 2 aromatic carbocycles. The summed E-state index contributed by atoms with van der Waals surface area (Å²) < 4.78 is 5.41. The predicted molar refractivity (Wildman–Crippen MR) is 109 cm³/mol. The van der Waals surface area contributed by atoms with E-state index in [1.54, 1.807) is 42.5 Å². The van der Waals surface area contributed by atoms with Crippen LogP contribution >= 0.6 is 0 Å². The lowest BCUT2D eigenvalue weighted by molar-refractivity contribution is -0.150. The summed E-state index contributed by atoms with van der Waals surface area (Å²) >= 11 is 0. The molecule has 0 saturated carbocycles. The van der Waals surface area contributed by atoms with Gasteiger partial charge in [-0.05, 0) is 42.0 Å². The molecule has 0 radical (unpaired) electrons. The van der Waals surface area contributed by atoms with Crippen molar-refractivity contribution in [3.05, 3.63) is 59.2 Å². The Hall–Kier alpha value is -3.74. The zero-order valence-electron chi connectivity index (χ0n) is 15.9. The molecular weight excluding hydrogens is 386 g/mol. The highest BCUT2D eigenvalue weighted by Crippen LogP contribution is 2.24. The summed E-state index contributed by atoms with van der Waals surface area (Å²) in [4.78, 5) is 31.0. The lowest BCUT2D eigenvalue weighted by Crippen LogP contribution is -2.55. The molecule has 2 heterocycles. The number of nitrogens with two attached hydrogens (primary N) is 1. The van der Waals surface area contributed by atoms with Gasteiger partial charge in [-0.15, -0.1) is 0 Å². The minimum atomic E-state index is -1.70. The molecule has 2 aliphatic rings. The van der Waals surface area contributed by atoms with Crippen molar-refractivity contribution >= 4 is 29.0 Å². The van der Waals surface area contributed by atoms with Crippen molar-refractivity contribution in [3.63, 3.8) is 0 Å². The largest absolute Gasteiger partial charge is 0.383 e. The molecule has 152 valence electrons. The lowest BCUT2D eigenvalue weighted by atomic mass is 10.1. The number of nitrogens with one attached hydrogen (secondary N) is 1. The van der Waals surface area contributed by atoms with Gasteiger partial charge in [0.15, 0.2) is 12.2 Å². The molecule has 2 aliphatic heterocycles. The summed E-state index contributed by atoms with van der Waals surface area (Å²) in [5.41, 5.74) is 8.85. The van der Waals surface area contributed by atoms with Crippen LogP contribution in [0.2, 0.25) is 0 Å². The van der Waals surface area contributed by atoms with E-state index in [9.17, 15) is 14.7 Å². The number of aliphatic imine (C=N–C) groups is 1. The summed E-state index contributed by atoms with van der Waals surface area (Å²) in [5.74, 6) is -0.855. The van der Waals surface area contributed by atoms with Crippen molar-refractivity contribution in [3.8, 4) is 6.07 Å². The highest BCUT2D eigenvalue weighted by molar-refractivity contribution is 6.05. The van der Waals surface area contributed by atoms with E-state index in [2.05, 4.69) is 10.3 Å².